The van der Waals surface area contributed by atoms with Crippen molar-refractivity contribution in [2.45, 2.75) is 44.4 Å². The van der Waals surface area contributed by atoms with E-state index in [4.69, 9.17) is 4.98 Å². The van der Waals surface area contributed by atoms with E-state index in [9.17, 15) is 9.59 Å². The van der Waals surface area contributed by atoms with Crippen LogP contribution < -0.4 is 5.56 Å². The molecule has 4 heterocycles. The van der Waals surface area contributed by atoms with Gasteiger partial charge in [-0.05, 0) is 44.1 Å². The summed E-state index contributed by atoms with van der Waals surface area (Å²) in [6.45, 7) is 1.22. The van der Waals surface area contributed by atoms with E-state index in [1.54, 1.807) is 22.4 Å². The third kappa shape index (κ3) is 3.01. The lowest BCUT2D eigenvalue weighted by Crippen LogP contribution is -2.40. The number of hydrogen-bond donors (Lipinski definition) is 1. The lowest BCUT2D eigenvalue weighted by atomic mass is 9.96. The number of nitrogens with zero attached hydrogens (tertiary/aromatic N) is 4. The van der Waals surface area contributed by atoms with Crippen molar-refractivity contribution >= 4 is 27.5 Å². The normalized spacial score (nSPS) is 19.6. The van der Waals surface area contributed by atoms with Crippen molar-refractivity contribution in [2.75, 3.05) is 13.1 Å². The van der Waals surface area contributed by atoms with E-state index >= 15 is 0 Å². The van der Waals surface area contributed by atoms with Crippen molar-refractivity contribution in [3.8, 4) is 0 Å². The monoisotopic (exact) mass is 395 g/mol. The Kier molecular flexibility index (Phi) is 4.43. The van der Waals surface area contributed by atoms with Crippen molar-refractivity contribution < 1.29 is 4.79 Å². The number of rotatable bonds is 2. The van der Waals surface area contributed by atoms with Gasteiger partial charge in [-0.2, -0.15) is 0 Å². The number of carbonyl (C=O) groups excluding carboxylic acids is 1. The van der Waals surface area contributed by atoms with E-state index in [0.29, 0.717) is 24.6 Å². The number of nitrogens with one attached hydrogen (secondary N) is 1. The van der Waals surface area contributed by atoms with E-state index in [1.807, 2.05) is 0 Å². The number of likely N-dealkylation sites (tertiary alicyclic amines) is 1. The van der Waals surface area contributed by atoms with Crippen LogP contribution in [0.15, 0.2) is 23.4 Å². The quantitative estimate of drug-likeness (QED) is 0.720. The first-order chi connectivity index (χ1) is 13.7. The maximum Gasteiger partial charge on any atom is 0.274 e. The average Bonchev–Trinajstić information content (AvgIpc) is 3.13. The van der Waals surface area contributed by atoms with Crippen molar-refractivity contribution in [1.29, 1.82) is 0 Å². The summed E-state index contributed by atoms with van der Waals surface area (Å²) in [5, 5.41) is 0.784. The molecule has 0 aromatic carbocycles. The second-order valence-electron chi connectivity index (χ2n) is 7.52. The first-order valence-electron chi connectivity index (χ1n) is 9.80. The van der Waals surface area contributed by atoms with E-state index < -0.39 is 0 Å². The second-order valence-corrected chi connectivity index (χ2v) is 8.61. The predicted octanol–water partition coefficient (Wildman–Crippen LogP) is 2.67. The highest BCUT2D eigenvalue weighted by atomic mass is 32.1. The maximum absolute atomic E-state index is 12.8. The number of H-pyrrole nitrogens is 1. The lowest BCUT2D eigenvalue weighted by Gasteiger charge is -2.31. The summed E-state index contributed by atoms with van der Waals surface area (Å²) in [6, 6.07) is 0. The Bertz CT molecular complexity index is 1090. The van der Waals surface area contributed by atoms with E-state index in [2.05, 4.69) is 15.0 Å². The summed E-state index contributed by atoms with van der Waals surface area (Å²) < 4.78 is 0. The zero-order valence-corrected chi connectivity index (χ0v) is 16.3. The van der Waals surface area contributed by atoms with Crippen LogP contribution in [0.3, 0.4) is 0 Å². The summed E-state index contributed by atoms with van der Waals surface area (Å²) in [5.41, 5.74) is 1.53. The van der Waals surface area contributed by atoms with Gasteiger partial charge in [0.05, 0.1) is 11.6 Å². The Labute approximate surface area is 165 Å². The van der Waals surface area contributed by atoms with Crippen LogP contribution in [0.4, 0.5) is 0 Å². The molecule has 1 atom stereocenters. The van der Waals surface area contributed by atoms with Gasteiger partial charge in [0.2, 0.25) is 0 Å². The van der Waals surface area contributed by atoms with Crippen LogP contribution >= 0.6 is 11.3 Å². The molecular weight excluding hydrogens is 374 g/mol. The Morgan fingerprint density at radius 2 is 2.11 bits per heavy atom. The summed E-state index contributed by atoms with van der Waals surface area (Å²) in [7, 11) is 0. The SMILES string of the molecule is O=C(c1cnccn1)N1CCC[C@H](c2nc3sc4c(c3c(=O)[nH]2)CCCC4)C1. The first kappa shape index (κ1) is 17.5. The lowest BCUT2D eigenvalue weighted by molar-refractivity contribution is 0.0698. The van der Waals surface area contributed by atoms with Crippen LogP contribution in [0.1, 0.15) is 58.4 Å². The Balaban J connectivity index is 1.45. The number of piperidine rings is 1. The number of aryl methyl sites for hydroxylation is 2. The van der Waals surface area contributed by atoms with Crippen LogP contribution in [-0.4, -0.2) is 43.8 Å². The Morgan fingerprint density at radius 1 is 1.21 bits per heavy atom. The Hall–Kier alpha value is -2.61. The highest BCUT2D eigenvalue weighted by molar-refractivity contribution is 7.18. The molecule has 144 valence electrons. The third-order valence-electron chi connectivity index (χ3n) is 5.72. The van der Waals surface area contributed by atoms with Gasteiger partial charge in [0.15, 0.2) is 0 Å². The first-order valence-corrected chi connectivity index (χ1v) is 10.6. The molecule has 1 aliphatic carbocycles. The largest absolute Gasteiger partial charge is 0.337 e. The average molecular weight is 395 g/mol. The number of aromatic nitrogens is 4. The van der Waals surface area contributed by atoms with Crippen LogP contribution in [0.2, 0.25) is 0 Å². The minimum Gasteiger partial charge on any atom is -0.337 e. The zero-order chi connectivity index (χ0) is 19.1. The van der Waals surface area contributed by atoms with Crippen molar-refractivity contribution in [3.05, 3.63) is 50.9 Å². The molecule has 0 spiro atoms. The fourth-order valence-electron chi connectivity index (χ4n) is 4.33. The van der Waals surface area contributed by atoms with Crippen LogP contribution in [0.5, 0.6) is 0 Å². The number of carbonyl (C=O) groups is 1. The van der Waals surface area contributed by atoms with Crippen LogP contribution in [-0.2, 0) is 12.8 Å². The van der Waals surface area contributed by atoms with Gasteiger partial charge in [-0.25, -0.2) is 9.97 Å². The molecule has 0 unspecified atom stereocenters. The van der Waals surface area contributed by atoms with Gasteiger partial charge < -0.3 is 9.88 Å². The number of fused-ring (bicyclic) bond motifs is 3. The number of hydrogen-bond acceptors (Lipinski definition) is 6. The molecule has 1 saturated heterocycles. The zero-order valence-electron chi connectivity index (χ0n) is 15.5. The molecule has 1 amide bonds. The molecule has 2 aliphatic rings. The number of amides is 1. The maximum atomic E-state index is 12.8. The van der Waals surface area contributed by atoms with E-state index in [1.165, 1.54) is 29.3 Å². The summed E-state index contributed by atoms with van der Waals surface area (Å²) in [5.74, 6) is 0.617. The topological polar surface area (TPSA) is 91.8 Å². The van der Waals surface area contributed by atoms with Gasteiger partial charge in [0, 0.05) is 36.3 Å². The van der Waals surface area contributed by atoms with Crippen LogP contribution in [0, 0.1) is 0 Å². The van der Waals surface area contributed by atoms with Crippen molar-refractivity contribution in [2.24, 2.45) is 0 Å². The van der Waals surface area contributed by atoms with Gasteiger partial charge >= 0.3 is 0 Å². The number of thiophene rings is 1. The van der Waals surface area contributed by atoms with Gasteiger partial charge in [-0.1, -0.05) is 0 Å². The van der Waals surface area contributed by atoms with Crippen molar-refractivity contribution in [1.82, 2.24) is 24.8 Å². The standard InChI is InChI=1S/C20H21N5O2S/c26-18-16-13-5-1-2-6-15(13)28-19(16)24-17(23-18)12-4-3-9-25(11-12)20(27)14-10-21-7-8-22-14/h7-8,10,12H,1-6,9,11H2,(H,23,24,26)/t12-/m0/s1. The fraction of sp³-hybridized carbons (Fsp3) is 0.450. The van der Waals surface area contributed by atoms with Gasteiger partial charge in [-0.3, -0.25) is 14.6 Å². The molecule has 5 rings (SSSR count). The predicted molar refractivity (Wildman–Crippen MR) is 107 cm³/mol. The van der Waals surface area contributed by atoms with E-state index in [0.717, 1.165) is 42.3 Å². The third-order valence-corrected chi connectivity index (χ3v) is 6.91. The molecule has 1 fully saturated rings. The minimum atomic E-state index is -0.118. The van der Waals surface area contributed by atoms with Gasteiger partial charge in [-0.15, -0.1) is 11.3 Å². The highest BCUT2D eigenvalue weighted by Gasteiger charge is 2.29. The molecule has 1 aliphatic heterocycles. The molecule has 8 heteroatoms. The molecule has 0 bridgehead atoms. The Morgan fingerprint density at radius 3 is 2.96 bits per heavy atom. The minimum absolute atomic E-state index is 0.0308. The van der Waals surface area contributed by atoms with Crippen LogP contribution in [0.25, 0.3) is 10.2 Å². The summed E-state index contributed by atoms with van der Waals surface area (Å²) in [6.07, 6.45) is 10.7. The van der Waals surface area contributed by atoms with Gasteiger partial charge in [0.25, 0.3) is 11.5 Å². The number of aromatic amines is 1. The molecule has 3 aromatic heterocycles. The van der Waals surface area contributed by atoms with Crippen molar-refractivity contribution in [3.63, 3.8) is 0 Å². The molecule has 3 aromatic rings. The summed E-state index contributed by atoms with van der Waals surface area (Å²) in [4.78, 5) is 45.5. The van der Waals surface area contributed by atoms with Gasteiger partial charge in [0.1, 0.15) is 16.3 Å². The molecule has 7 nitrogen and oxygen atoms in total. The summed E-state index contributed by atoms with van der Waals surface area (Å²) >= 11 is 1.67. The van der Waals surface area contributed by atoms with E-state index in [-0.39, 0.29) is 17.4 Å². The smallest absolute Gasteiger partial charge is 0.274 e. The molecular formula is C20H21N5O2S. The molecule has 0 saturated carbocycles. The molecule has 0 radical (unpaired) electrons. The second kappa shape index (κ2) is 7.09. The molecule has 28 heavy (non-hydrogen) atoms. The fourth-order valence-corrected chi connectivity index (χ4v) is 5.60. The molecule has 1 N–H and O–H groups in total. The highest BCUT2D eigenvalue weighted by Crippen LogP contribution is 2.34.